The van der Waals surface area contributed by atoms with Crippen molar-refractivity contribution >= 4 is 5.91 Å². The van der Waals surface area contributed by atoms with Crippen molar-refractivity contribution in [1.82, 2.24) is 4.90 Å². The first kappa shape index (κ1) is 15.3. The van der Waals surface area contributed by atoms with Crippen LogP contribution in [0.15, 0.2) is 18.2 Å². The van der Waals surface area contributed by atoms with Crippen LogP contribution in [0, 0.1) is 5.92 Å². The van der Waals surface area contributed by atoms with E-state index >= 15 is 0 Å². The number of carbonyl (C=O) groups is 1. The van der Waals surface area contributed by atoms with Crippen molar-refractivity contribution in [2.75, 3.05) is 13.7 Å². The van der Waals surface area contributed by atoms with Gasteiger partial charge in [0, 0.05) is 18.7 Å². The first-order valence-electron chi connectivity index (χ1n) is 6.54. The highest BCUT2D eigenvalue weighted by molar-refractivity contribution is 5.97. The molecule has 1 aromatic carbocycles. The Morgan fingerprint density at radius 2 is 1.95 bits per heavy atom. The number of aromatic hydroxyl groups is 1. The Morgan fingerprint density at radius 3 is 2.37 bits per heavy atom. The van der Waals surface area contributed by atoms with Gasteiger partial charge >= 0.3 is 0 Å². The summed E-state index contributed by atoms with van der Waals surface area (Å²) < 4.78 is 5.02. The third-order valence-corrected chi connectivity index (χ3v) is 2.88. The first-order chi connectivity index (χ1) is 8.86. The zero-order valence-electron chi connectivity index (χ0n) is 12.3. The van der Waals surface area contributed by atoms with Crippen LogP contribution >= 0.6 is 0 Å². The molecule has 1 aromatic rings. The smallest absolute Gasteiger partial charge is 0.257 e. The Labute approximate surface area is 115 Å². The van der Waals surface area contributed by atoms with Crippen molar-refractivity contribution in [3.8, 4) is 11.5 Å². The number of hydrogen-bond acceptors (Lipinski definition) is 3. The number of nitrogens with zero attached hydrogens (tertiary/aromatic N) is 1. The Bertz CT molecular complexity index is 441. The van der Waals surface area contributed by atoms with Crippen LogP contribution in [-0.2, 0) is 0 Å². The van der Waals surface area contributed by atoms with Crippen molar-refractivity contribution in [2.45, 2.75) is 33.7 Å². The summed E-state index contributed by atoms with van der Waals surface area (Å²) in [4.78, 5) is 14.2. The summed E-state index contributed by atoms with van der Waals surface area (Å²) in [7, 11) is 1.52. The van der Waals surface area contributed by atoms with Crippen LogP contribution in [0.1, 0.15) is 38.1 Å². The highest BCUT2D eigenvalue weighted by atomic mass is 16.5. The molecule has 0 aliphatic rings. The number of ether oxygens (including phenoxy) is 1. The van der Waals surface area contributed by atoms with Gasteiger partial charge in [-0.15, -0.1) is 0 Å². The Kier molecular flexibility index (Phi) is 5.21. The minimum absolute atomic E-state index is 0.0428. The number of rotatable bonds is 5. The summed E-state index contributed by atoms with van der Waals surface area (Å²) in [5, 5.41) is 9.93. The van der Waals surface area contributed by atoms with E-state index in [0.717, 1.165) is 0 Å². The molecular weight excluding hydrogens is 242 g/mol. The lowest BCUT2D eigenvalue weighted by Gasteiger charge is -2.28. The van der Waals surface area contributed by atoms with E-state index in [4.69, 9.17) is 4.74 Å². The van der Waals surface area contributed by atoms with Gasteiger partial charge in [-0.05, 0) is 31.9 Å². The van der Waals surface area contributed by atoms with Gasteiger partial charge in [0.05, 0.1) is 12.7 Å². The number of methoxy groups -OCH3 is 1. The number of amides is 1. The van der Waals surface area contributed by atoms with E-state index in [2.05, 4.69) is 13.8 Å². The summed E-state index contributed by atoms with van der Waals surface area (Å²) in [6.45, 7) is 8.75. The van der Waals surface area contributed by atoms with Crippen LogP contribution in [0.3, 0.4) is 0 Å². The summed E-state index contributed by atoms with van der Waals surface area (Å²) in [5.41, 5.74) is 0.315. The van der Waals surface area contributed by atoms with Gasteiger partial charge in [0.1, 0.15) is 11.5 Å². The van der Waals surface area contributed by atoms with Gasteiger partial charge in [0.25, 0.3) is 5.91 Å². The fourth-order valence-electron chi connectivity index (χ4n) is 1.90. The molecule has 0 saturated heterocycles. The number of benzene rings is 1. The quantitative estimate of drug-likeness (QED) is 0.890. The summed E-state index contributed by atoms with van der Waals surface area (Å²) in [5.74, 6) is 0.725. The fraction of sp³-hybridized carbons (Fsp3) is 0.533. The molecule has 1 N–H and O–H groups in total. The number of hydrogen-bond donors (Lipinski definition) is 1. The molecule has 0 saturated carbocycles. The molecule has 1 amide bonds. The zero-order valence-corrected chi connectivity index (χ0v) is 12.3. The van der Waals surface area contributed by atoms with Gasteiger partial charge in [0.2, 0.25) is 0 Å². The molecule has 19 heavy (non-hydrogen) atoms. The van der Waals surface area contributed by atoms with E-state index in [1.54, 1.807) is 17.0 Å². The van der Waals surface area contributed by atoms with E-state index in [-0.39, 0.29) is 17.7 Å². The van der Waals surface area contributed by atoms with Crippen LogP contribution in [0.2, 0.25) is 0 Å². The van der Waals surface area contributed by atoms with Crippen molar-refractivity contribution in [3.05, 3.63) is 23.8 Å². The third kappa shape index (κ3) is 3.88. The topological polar surface area (TPSA) is 49.8 Å². The molecule has 0 aromatic heterocycles. The van der Waals surface area contributed by atoms with Gasteiger partial charge in [-0.2, -0.15) is 0 Å². The minimum atomic E-state index is -0.149. The average Bonchev–Trinajstić information content (AvgIpc) is 2.34. The molecule has 0 bridgehead atoms. The second-order valence-corrected chi connectivity index (χ2v) is 5.33. The van der Waals surface area contributed by atoms with Gasteiger partial charge < -0.3 is 14.7 Å². The second-order valence-electron chi connectivity index (χ2n) is 5.33. The van der Waals surface area contributed by atoms with Gasteiger partial charge in [0.15, 0.2) is 0 Å². The van der Waals surface area contributed by atoms with Gasteiger partial charge in [-0.1, -0.05) is 13.8 Å². The highest BCUT2D eigenvalue weighted by Gasteiger charge is 2.22. The average molecular weight is 265 g/mol. The molecular formula is C15H23NO3. The van der Waals surface area contributed by atoms with Crippen LogP contribution in [0.25, 0.3) is 0 Å². The van der Waals surface area contributed by atoms with Gasteiger partial charge in [-0.25, -0.2) is 0 Å². The largest absolute Gasteiger partial charge is 0.507 e. The van der Waals surface area contributed by atoms with E-state index in [0.29, 0.717) is 23.8 Å². The lowest BCUT2D eigenvalue weighted by molar-refractivity contribution is 0.0679. The SMILES string of the molecule is COc1ccc(C(=O)N(CC(C)C)C(C)C)c(O)c1. The summed E-state index contributed by atoms with van der Waals surface area (Å²) >= 11 is 0. The van der Waals surface area contributed by atoms with Crippen molar-refractivity contribution in [1.29, 1.82) is 0 Å². The zero-order chi connectivity index (χ0) is 14.6. The lowest BCUT2D eigenvalue weighted by atomic mass is 10.1. The van der Waals surface area contributed by atoms with Crippen LogP contribution in [0.5, 0.6) is 11.5 Å². The highest BCUT2D eigenvalue weighted by Crippen LogP contribution is 2.25. The second kappa shape index (κ2) is 6.45. The first-order valence-corrected chi connectivity index (χ1v) is 6.54. The standard InChI is InChI=1S/C15H23NO3/c1-10(2)9-16(11(3)4)15(18)13-7-6-12(19-5)8-14(13)17/h6-8,10-11,17H,9H2,1-5H3. The summed E-state index contributed by atoms with van der Waals surface area (Å²) in [6, 6.07) is 4.84. The van der Waals surface area contributed by atoms with Crippen molar-refractivity contribution in [2.24, 2.45) is 5.92 Å². The molecule has 106 valence electrons. The predicted molar refractivity (Wildman–Crippen MR) is 75.7 cm³/mol. The van der Waals surface area contributed by atoms with Crippen molar-refractivity contribution in [3.63, 3.8) is 0 Å². The number of phenols is 1. The maximum Gasteiger partial charge on any atom is 0.257 e. The normalized spacial score (nSPS) is 10.9. The van der Waals surface area contributed by atoms with E-state index in [1.165, 1.54) is 13.2 Å². The maximum atomic E-state index is 12.5. The van der Waals surface area contributed by atoms with Crippen molar-refractivity contribution < 1.29 is 14.6 Å². The van der Waals surface area contributed by atoms with Gasteiger partial charge in [-0.3, -0.25) is 4.79 Å². The fourth-order valence-corrected chi connectivity index (χ4v) is 1.90. The molecule has 0 aliphatic carbocycles. The molecule has 1 rings (SSSR count). The molecule has 0 spiro atoms. The van der Waals surface area contributed by atoms with Crippen LogP contribution in [-0.4, -0.2) is 35.6 Å². The van der Waals surface area contributed by atoms with E-state index in [9.17, 15) is 9.90 Å². The maximum absolute atomic E-state index is 12.5. The number of carbonyl (C=O) groups excluding carboxylic acids is 1. The molecule has 0 heterocycles. The Morgan fingerprint density at radius 1 is 1.32 bits per heavy atom. The predicted octanol–water partition coefficient (Wildman–Crippen LogP) is 2.91. The molecule has 4 heteroatoms. The molecule has 0 radical (unpaired) electrons. The monoisotopic (exact) mass is 265 g/mol. The molecule has 0 unspecified atom stereocenters. The molecule has 0 fully saturated rings. The van der Waals surface area contributed by atoms with E-state index < -0.39 is 0 Å². The Balaban J connectivity index is 3.02. The third-order valence-electron chi connectivity index (χ3n) is 2.88. The number of phenolic OH excluding ortho intramolecular Hbond substituents is 1. The lowest BCUT2D eigenvalue weighted by Crippen LogP contribution is -2.39. The minimum Gasteiger partial charge on any atom is -0.507 e. The molecule has 0 atom stereocenters. The molecule has 0 aliphatic heterocycles. The van der Waals surface area contributed by atoms with Crippen LogP contribution in [0.4, 0.5) is 0 Å². The Hall–Kier alpha value is -1.71. The molecule has 4 nitrogen and oxygen atoms in total. The summed E-state index contributed by atoms with van der Waals surface area (Å²) in [6.07, 6.45) is 0. The van der Waals surface area contributed by atoms with E-state index in [1.807, 2.05) is 13.8 Å². The van der Waals surface area contributed by atoms with Crippen LogP contribution < -0.4 is 4.74 Å².